The van der Waals surface area contributed by atoms with Crippen molar-refractivity contribution < 1.29 is 9.47 Å². The van der Waals surface area contributed by atoms with Crippen LogP contribution in [0.15, 0.2) is 16.6 Å². The molecule has 5 heteroatoms. The molecule has 132 valence electrons. The quantitative estimate of drug-likeness (QED) is 0.430. The molecule has 0 bridgehead atoms. The Hall–Kier alpha value is -1.07. The molecule has 2 rings (SSSR count). The summed E-state index contributed by atoms with van der Waals surface area (Å²) in [6.07, 6.45) is 10.6. The molecular formula is C18H33N3O2. The van der Waals surface area contributed by atoms with Crippen molar-refractivity contribution in [2.24, 2.45) is 4.99 Å². The van der Waals surface area contributed by atoms with Crippen molar-refractivity contribution in [2.45, 2.75) is 57.5 Å². The molecule has 0 atom stereocenters. The fourth-order valence-corrected chi connectivity index (χ4v) is 3.21. The van der Waals surface area contributed by atoms with E-state index in [0.717, 1.165) is 51.5 Å². The van der Waals surface area contributed by atoms with Crippen LogP contribution in [-0.4, -0.2) is 51.5 Å². The van der Waals surface area contributed by atoms with Gasteiger partial charge in [0.25, 0.3) is 0 Å². The lowest BCUT2D eigenvalue weighted by Crippen LogP contribution is -2.44. The number of nitrogens with zero attached hydrogens (tertiary/aromatic N) is 1. The number of ether oxygens (including phenoxy) is 2. The second-order valence-electron chi connectivity index (χ2n) is 6.48. The van der Waals surface area contributed by atoms with Gasteiger partial charge in [0.15, 0.2) is 5.96 Å². The average molecular weight is 323 g/mol. The molecule has 2 N–H and O–H groups in total. The molecule has 1 saturated heterocycles. The highest BCUT2D eigenvalue weighted by atomic mass is 16.5. The SMILES string of the molecule is CCNC(=NCC1(OC)CCOCC1)NCCC1=CCCCC1. The Labute approximate surface area is 140 Å². The number of guanidine groups is 1. The number of nitrogens with one attached hydrogen (secondary N) is 2. The molecule has 0 saturated carbocycles. The Morgan fingerprint density at radius 3 is 2.78 bits per heavy atom. The normalized spacial score (nSPS) is 21.7. The van der Waals surface area contributed by atoms with Crippen LogP contribution in [0.4, 0.5) is 0 Å². The maximum absolute atomic E-state index is 5.76. The van der Waals surface area contributed by atoms with Gasteiger partial charge in [0.05, 0.1) is 12.1 Å². The van der Waals surface area contributed by atoms with Crippen LogP contribution in [0.3, 0.4) is 0 Å². The van der Waals surface area contributed by atoms with Gasteiger partial charge in [-0.3, -0.25) is 4.99 Å². The van der Waals surface area contributed by atoms with Gasteiger partial charge in [0.1, 0.15) is 0 Å². The van der Waals surface area contributed by atoms with Crippen LogP contribution >= 0.6 is 0 Å². The van der Waals surface area contributed by atoms with Crippen molar-refractivity contribution in [3.63, 3.8) is 0 Å². The van der Waals surface area contributed by atoms with Gasteiger partial charge in [-0.25, -0.2) is 0 Å². The van der Waals surface area contributed by atoms with Gasteiger partial charge in [-0.15, -0.1) is 0 Å². The van der Waals surface area contributed by atoms with Gasteiger partial charge >= 0.3 is 0 Å². The van der Waals surface area contributed by atoms with Crippen molar-refractivity contribution >= 4 is 5.96 Å². The van der Waals surface area contributed by atoms with Crippen molar-refractivity contribution in [1.29, 1.82) is 0 Å². The van der Waals surface area contributed by atoms with Crippen molar-refractivity contribution in [2.75, 3.05) is 40.0 Å². The second-order valence-corrected chi connectivity index (χ2v) is 6.48. The summed E-state index contributed by atoms with van der Waals surface area (Å²) < 4.78 is 11.2. The molecular weight excluding hydrogens is 290 g/mol. The van der Waals surface area contributed by atoms with E-state index in [9.17, 15) is 0 Å². The Kier molecular flexibility index (Phi) is 7.89. The third kappa shape index (κ3) is 6.15. The summed E-state index contributed by atoms with van der Waals surface area (Å²) in [5.41, 5.74) is 1.43. The van der Waals surface area contributed by atoms with E-state index in [4.69, 9.17) is 14.5 Å². The molecule has 0 aromatic rings. The predicted octanol–water partition coefficient (Wildman–Crippen LogP) is 2.63. The fourth-order valence-electron chi connectivity index (χ4n) is 3.21. The Morgan fingerprint density at radius 1 is 1.30 bits per heavy atom. The first-order chi connectivity index (χ1) is 11.3. The monoisotopic (exact) mass is 323 g/mol. The highest BCUT2D eigenvalue weighted by molar-refractivity contribution is 5.79. The zero-order chi connectivity index (χ0) is 16.4. The van der Waals surface area contributed by atoms with E-state index in [1.807, 2.05) is 0 Å². The zero-order valence-corrected chi connectivity index (χ0v) is 14.8. The van der Waals surface area contributed by atoms with Crippen LogP contribution in [0.1, 0.15) is 51.9 Å². The molecule has 1 aliphatic carbocycles. The third-order valence-electron chi connectivity index (χ3n) is 4.83. The van der Waals surface area contributed by atoms with Crippen molar-refractivity contribution in [3.8, 4) is 0 Å². The second kappa shape index (κ2) is 9.93. The minimum atomic E-state index is -0.160. The number of hydrogen-bond donors (Lipinski definition) is 2. The highest BCUT2D eigenvalue weighted by Crippen LogP contribution is 2.24. The minimum absolute atomic E-state index is 0.160. The van der Waals surface area contributed by atoms with E-state index in [2.05, 4.69) is 23.6 Å². The molecule has 0 unspecified atom stereocenters. The summed E-state index contributed by atoms with van der Waals surface area (Å²) in [6.45, 7) is 6.13. The van der Waals surface area contributed by atoms with E-state index in [1.165, 1.54) is 25.7 Å². The lowest BCUT2D eigenvalue weighted by atomic mass is 9.94. The van der Waals surface area contributed by atoms with E-state index in [0.29, 0.717) is 6.54 Å². The molecule has 5 nitrogen and oxygen atoms in total. The van der Waals surface area contributed by atoms with Crippen LogP contribution in [0, 0.1) is 0 Å². The fraction of sp³-hybridized carbons (Fsp3) is 0.833. The van der Waals surface area contributed by atoms with Crippen LogP contribution in [0.2, 0.25) is 0 Å². The Bertz CT molecular complexity index is 401. The van der Waals surface area contributed by atoms with E-state index in [-0.39, 0.29) is 5.60 Å². The molecule has 0 spiro atoms. The maximum Gasteiger partial charge on any atom is 0.191 e. The lowest BCUT2D eigenvalue weighted by Gasteiger charge is -2.34. The topological polar surface area (TPSA) is 54.9 Å². The first kappa shape index (κ1) is 18.3. The molecule has 1 aliphatic heterocycles. The number of aliphatic imine (C=N–C) groups is 1. The summed E-state index contributed by atoms with van der Waals surface area (Å²) in [5, 5.41) is 6.79. The molecule has 0 aromatic heterocycles. The number of rotatable bonds is 7. The molecule has 0 aromatic carbocycles. The molecule has 0 radical (unpaired) electrons. The van der Waals surface area contributed by atoms with Crippen molar-refractivity contribution in [1.82, 2.24) is 10.6 Å². The highest BCUT2D eigenvalue weighted by Gasteiger charge is 2.32. The summed E-state index contributed by atoms with van der Waals surface area (Å²) in [6, 6.07) is 0. The largest absolute Gasteiger partial charge is 0.381 e. The summed E-state index contributed by atoms with van der Waals surface area (Å²) >= 11 is 0. The molecule has 23 heavy (non-hydrogen) atoms. The van der Waals surface area contributed by atoms with E-state index in [1.54, 1.807) is 12.7 Å². The van der Waals surface area contributed by atoms with Crippen LogP contribution < -0.4 is 10.6 Å². The van der Waals surface area contributed by atoms with Crippen LogP contribution in [0.5, 0.6) is 0 Å². The molecule has 1 heterocycles. The Morgan fingerprint density at radius 2 is 2.13 bits per heavy atom. The zero-order valence-electron chi connectivity index (χ0n) is 14.8. The maximum atomic E-state index is 5.76. The smallest absolute Gasteiger partial charge is 0.191 e. The molecule has 2 aliphatic rings. The summed E-state index contributed by atoms with van der Waals surface area (Å²) in [5.74, 6) is 0.895. The van der Waals surface area contributed by atoms with Gasteiger partial charge in [-0.2, -0.15) is 0 Å². The Balaban J connectivity index is 1.82. The van der Waals surface area contributed by atoms with Gasteiger partial charge in [-0.1, -0.05) is 11.6 Å². The lowest BCUT2D eigenvalue weighted by molar-refractivity contribution is -0.0828. The van der Waals surface area contributed by atoms with Crippen LogP contribution in [0.25, 0.3) is 0 Å². The van der Waals surface area contributed by atoms with Gasteiger partial charge in [0.2, 0.25) is 0 Å². The minimum Gasteiger partial charge on any atom is -0.381 e. The third-order valence-corrected chi connectivity index (χ3v) is 4.83. The average Bonchev–Trinajstić information content (AvgIpc) is 2.61. The number of allylic oxidation sites excluding steroid dienone is 1. The van der Waals surface area contributed by atoms with Gasteiger partial charge in [0, 0.05) is 46.3 Å². The first-order valence-electron chi connectivity index (χ1n) is 9.11. The van der Waals surface area contributed by atoms with E-state index < -0.39 is 0 Å². The van der Waals surface area contributed by atoms with Crippen LogP contribution in [-0.2, 0) is 9.47 Å². The van der Waals surface area contributed by atoms with Crippen molar-refractivity contribution in [3.05, 3.63) is 11.6 Å². The molecule has 0 amide bonds. The first-order valence-corrected chi connectivity index (χ1v) is 9.11. The number of hydrogen-bond acceptors (Lipinski definition) is 3. The molecule has 1 fully saturated rings. The number of methoxy groups -OCH3 is 1. The standard InChI is InChI=1S/C18H33N3O2/c1-3-19-17(20-12-9-16-7-5-4-6-8-16)21-15-18(22-2)10-13-23-14-11-18/h7H,3-6,8-15H2,1-2H3,(H2,19,20,21). The van der Waals surface area contributed by atoms with Gasteiger partial charge in [-0.05, 0) is 39.0 Å². The van der Waals surface area contributed by atoms with Gasteiger partial charge < -0.3 is 20.1 Å². The summed E-state index contributed by atoms with van der Waals surface area (Å²) in [4.78, 5) is 4.76. The predicted molar refractivity (Wildman–Crippen MR) is 94.9 cm³/mol. The van der Waals surface area contributed by atoms with E-state index >= 15 is 0 Å². The summed E-state index contributed by atoms with van der Waals surface area (Å²) in [7, 11) is 1.79.